The second kappa shape index (κ2) is 5.50. The number of carboxylic acid groups (broad SMARTS) is 1. The summed E-state index contributed by atoms with van der Waals surface area (Å²) < 4.78 is 28.5. The van der Waals surface area contributed by atoms with E-state index < -0.39 is 19.0 Å². The van der Waals surface area contributed by atoms with E-state index in [9.17, 15) is 13.6 Å². The molecule has 1 aromatic carbocycles. The van der Waals surface area contributed by atoms with Crippen LogP contribution >= 0.6 is 12.6 Å². The van der Waals surface area contributed by atoms with E-state index in [1.807, 2.05) is 0 Å². The number of carbonyl (C=O) groups is 1. The maximum absolute atomic E-state index is 12.1. The van der Waals surface area contributed by atoms with Crippen molar-refractivity contribution in [1.82, 2.24) is 0 Å². The zero-order chi connectivity index (χ0) is 13.0. The number of nitriles is 1. The molecule has 90 valence electrons. The first-order valence-corrected chi connectivity index (χ1v) is 4.81. The lowest BCUT2D eigenvalue weighted by molar-refractivity contribution is -0.136. The van der Waals surface area contributed by atoms with Crippen LogP contribution in [0, 0.1) is 11.3 Å². The van der Waals surface area contributed by atoms with Crippen LogP contribution in [0.1, 0.15) is 11.1 Å². The summed E-state index contributed by atoms with van der Waals surface area (Å²) in [4.78, 5) is 10.6. The van der Waals surface area contributed by atoms with Crippen molar-refractivity contribution in [3.8, 4) is 11.8 Å². The lowest BCUT2D eigenvalue weighted by Crippen LogP contribution is -2.08. The van der Waals surface area contributed by atoms with Crippen molar-refractivity contribution in [2.75, 3.05) is 0 Å². The Balaban J connectivity index is 3.24. The van der Waals surface area contributed by atoms with Crippen LogP contribution in [-0.2, 0) is 11.2 Å². The minimum atomic E-state index is -3.08. The molecule has 0 saturated heterocycles. The molecule has 0 amide bonds. The van der Waals surface area contributed by atoms with Crippen LogP contribution in [0.3, 0.4) is 0 Å². The number of thiol groups is 1. The maximum atomic E-state index is 12.1. The molecule has 0 heterocycles. The van der Waals surface area contributed by atoms with E-state index in [1.165, 1.54) is 12.1 Å². The van der Waals surface area contributed by atoms with Gasteiger partial charge in [-0.3, -0.25) is 4.79 Å². The highest BCUT2D eigenvalue weighted by molar-refractivity contribution is 7.80. The van der Waals surface area contributed by atoms with Crippen molar-refractivity contribution >= 4 is 18.6 Å². The summed E-state index contributed by atoms with van der Waals surface area (Å²) in [7, 11) is 0. The van der Waals surface area contributed by atoms with Crippen LogP contribution in [0.25, 0.3) is 0 Å². The number of halogens is 2. The number of hydrogen-bond acceptors (Lipinski definition) is 4. The molecule has 0 aliphatic rings. The minimum Gasteiger partial charge on any atom is -0.481 e. The first-order chi connectivity index (χ1) is 7.93. The third kappa shape index (κ3) is 3.60. The second-order valence-corrected chi connectivity index (χ2v) is 3.53. The van der Waals surface area contributed by atoms with Crippen LogP contribution in [0.2, 0.25) is 0 Å². The highest BCUT2D eigenvalue weighted by Gasteiger charge is 2.16. The van der Waals surface area contributed by atoms with Gasteiger partial charge in [0.05, 0.1) is 18.1 Å². The van der Waals surface area contributed by atoms with Gasteiger partial charge in [-0.2, -0.15) is 14.0 Å². The molecule has 0 radical (unpaired) electrons. The highest BCUT2D eigenvalue weighted by atomic mass is 32.1. The summed E-state index contributed by atoms with van der Waals surface area (Å²) in [5.74, 6) is -1.53. The zero-order valence-corrected chi connectivity index (χ0v) is 9.25. The fourth-order valence-electron chi connectivity index (χ4n) is 1.26. The van der Waals surface area contributed by atoms with Crippen molar-refractivity contribution in [1.29, 1.82) is 5.26 Å². The normalized spacial score (nSPS) is 10.1. The van der Waals surface area contributed by atoms with Crippen molar-refractivity contribution in [3.05, 3.63) is 23.3 Å². The van der Waals surface area contributed by atoms with Crippen molar-refractivity contribution in [3.63, 3.8) is 0 Å². The fraction of sp³-hybridized carbons (Fsp3) is 0.200. The molecule has 7 heteroatoms. The molecule has 0 aliphatic heterocycles. The number of aliphatic carboxylic acids is 1. The Morgan fingerprint density at radius 2 is 2.24 bits per heavy atom. The van der Waals surface area contributed by atoms with Gasteiger partial charge in [-0.1, -0.05) is 0 Å². The highest BCUT2D eigenvalue weighted by Crippen LogP contribution is 2.30. The van der Waals surface area contributed by atoms with Crippen molar-refractivity contribution in [2.45, 2.75) is 17.9 Å². The molecular formula is C10H7F2NO3S. The van der Waals surface area contributed by atoms with Crippen LogP contribution in [0.15, 0.2) is 17.0 Å². The summed E-state index contributed by atoms with van der Waals surface area (Å²) >= 11 is 3.89. The van der Waals surface area contributed by atoms with Gasteiger partial charge in [0.2, 0.25) is 0 Å². The number of hydrogen-bond donors (Lipinski definition) is 2. The minimum absolute atomic E-state index is 0.000556. The third-order valence-corrected chi connectivity index (χ3v) is 2.16. The number of benzene rings is 1. The van der Waals surface area contributed by atoms with Crippen LogP contribution in [-0.4, -0.2) is 17.7 Å². The van der Waals surface area contributed by atoms with Gasteiger partial charge in [-0.15, -0.1) is 12.6 Å². The Bertz CT molecular complexity index is 485. The molecule has 1 rings (SSSR count). The van der Waals surface area contributed by atoms with E-state index >= 15 is 0 Å². The van der Waals surface area contributed by atoms with E-state index in [2.05, 4.69) is 17.4 Å². The maximum Gasteiger partial charge on any atom is 0.387 e. The summed E-state index contributed by atoms with van der Waals surface area (Å²) in [5, 5.41) is 17.3. The van der Waals surface area contributed by atoms with Crippen LogP contribution < -0.4 is 4.74 Å². The van der Waals surface area contributed by atoms with Crippen LogP contribution in [0.4, 0.5) is 8.78 Å². The average Bonchev–Trinajstić information content (AvgIpc) is 2.21. The van der Waals surface area contributed by atoms with E-state index in [-0.39, 0.29) is 21.8 Å². The van der Waals surface area contributed by atoms with E-state index in [1.54, 1.807) is 6.07 Å². The lowest BCUT2D eigenvalue weighted by atomic mass is 10.1. The van der Waals surface area contributed by atoms with Gasteiger partial charge in [-0.25, -0.2) is 0 Å². The third-order valence-electron chi connectivity index (χ3n) is 1.82. The average molecular weight is 259 g/mol. The monoisotopic (exact) mass is 259 g/mol. The Hall–Kier alpha value is -1.81. The molecule has 0 unspecified atom stereocenters. The molecule has 17 heavy (non-hydrogen) atoms. The number of nitrogens with zero attached hydrogens (tertiary/aromatic N) is 1. The molecule has 0 saturated carbocycles. The second-order valence-electron chi connectivity index (χ2n) is 3.04. The first kappa shape index (κ1) is 13.3. The van der Waals surface area contributed by atoms with Crippen molar-refractivity contribution < 1.29 is 23.4 Å². The van der Waals surface area contributed by atoms with Gasteiger partial charge < -0.3 is 9.84 Å². The lowest BCUT2D eigenvalue weighted by Gasteiger charge is -2.12. The molecule has 4 nitrogen and oxygen atoms in total. The molecule has 0 aromatic heterocycles. The molecule has 0 atom stereocenters. The number of alkyl halides is 2. The molecule has 0 aliphatic carbocycles. The predicted octanol–water partition coefficient (Wildman–Crippen LogP) is 2.08. The fourth-order valence-corrected chi connectivity index (χ4v) is 1.59. The molecule has 1 aromatic rings. The zero-order valence-electron chi connectivity index (χ0n) is 8.35. The molecule has 0 bridgehead atoms. The largest absolute Gasteiger partial charge is 0.481 e. The van der Waals surface area contributed by atoms with E-state index in [4.69, 9.17) is 10.4 Å². The smallest absolute Gasteiger partial charge is 0.387 e. The predicted molar refractivity (Wildman–Crippen MR) is 56.4 cm³/mol. The Morgan fingerprint density at radius 3 is 2.71 bits per heavy atom. The summed E-state index contributed by atoms with van der Waals surface area (Å²) in [5.41, 5.74) is 0.120. The van der Waals surface area contributed by atoms with Gasteiger partial charge in [0.1, 0.15) is 5.75 Å². The van der Waals surface area contributed by atoms with Gasteiger partial charge >= 0.3 is 12.6 Å². The topological polar surface area (TPSA) is 70.3 Å². The van der Waals surface area contributed by atoms with Gasteiger partial charge in [0.25, 0.3) is 0 Å². The molecule has 0 spiro atoms. The number of carboxylic acids is 1. The number of ether oxygens (including phenoxy) is 1. The molecule has 0 fully saturated rings. The van der Waals surface area contributed by atoms with Crippen LogP contribution in [0.5, 0.6) is 5.75 Å². The standard InChI is InChI=1S/C10H7F2NO3S/c11-10(12)16-9-6(3-8(14)15)1-5(4-13)2-7(9)17/h1-2,10,17H,3H2,(H,14,15). The summed E-state index contributed by atoms with van der Waals surface area (Å²) in [6.45, 7) is -3.08. The van der Waals surface area contributed by atoms with E-state index in [0.29, 0.717) is 0 Å². The van der Waals surface area contributed by atoms with E-state index in [0.717, 1.165) is 0 Å². The Labute approximate surface area is 101 Å². The molecule has 1 N–H and O–H groups in total. The molecular weight excluding hydrogens is 252 g/mol. The van der Waals surface area contributed by atoms with Gasteiger partial charge in [-0.05, 0) is 12.1 Å². The van der Waals surface area contributed by atoms with Crippen molar-refractivity contribution in [2.24, 2.45) is 0 Å². The van der Waals surface area contributed by atoms with Gasteiger partial charge in [0, 0.05) is 10.5 Å². The Morgan fingerprint density at radius 1 is 1.59 bits per heavy atom. The first-order valence-electron chi connectivity index (χ1n) is 4.36. The van der Waals surface area contributed by atoms with Gasteiger partial charge in [0.15, 0.2) is 0 Å². The summed E-state index contributed by atoms with van der Waals surface area (Å²) in [6, 6.07) is 4.19. The SMILES string of the molecule is N#Cc1cc(S)c(OC(F)F)c(CC(=O)O)c1. The summed E-state index contributed by atoms with van der Waals surface area (Å²) in [6.07, 6.45) is -0.523. The quantitative estimate of drug-likeness (QED) is 0.812. The number of rotatable bonds is 4. The Kier molecular flexibility index (Phi) is 4.29.